The monoisotopic (exact) mass is 385 g/mol. The van der Waals surface area contributed by atoms with Crippen LogP contribution in [0, 0.1) is 13.8 Å². The van der Waals surface area contributed by atoms with E-state index in [4.69, 9.17) is 4.42 Å². The summed E-state index contributed by atoms with van der Waals surface area (Å²) in [5, 5.41) is 5.01. The Balaban J connectivity index is 1.51. The highest BCUT2D eigenvalue weighted by Gasteiger charge is 2.12. The number of hydrazone groups is 1. The summed E-state index contributed by atoms with van der Waals surface area (Å²) in [6.07, 6.45) is 2.69. The van der Waals surface area contributed by atoms with Crippen LogP contribution in [0.5, 0.6) is 0 Å². The van der Waals surface area contributed by atoms with Crippen molar-refractivity contribution >= 4 is 23.1 Å². The summed E-state index contributed by atoms with van der Waals surface area (Å²) in [4.78, 5) is 12.3. The molecule has 0 saturated heterocycles. The standard InChI is InChI=1S/C24H23N3O2/c1-4-18-9-11-21(12-10-18)27-16(2)13-20(17(27)3)15-25-26-24(28)23-14-19-7-5-6-8-22(19)29-23/h5-15H,4H2,1-3H3,(H,26,28)/b25-15+. The number of carbonyl (C=O) groups is 1. The summed E-state index contributed by atoms with van der Waals surface area (Å²) in [6, 6.07) is 19.8. The van der Waals surface area contributed by atoms with E-state index in [9.17, 15) is 4.79 Å². The number of fused-ring (bicyclic) bond motifs is 1. The summed E-state index contributed by atoms with van der Waals surface area (Å²) in [7, 11) is 0. The van der Waals surface area contributed by atoms with Gasteiger partial charge in [0.15, 0.2) is 5.76 Å². The van der Waals surface area contributed by atoms with Crippen LogP contribution in [0.3, 0.4) is 0 Å². The number of hydrogen-bond donors (Lipinski definition) is 1. The third-order valence-electron chi connectivity index (χ3n) is 5.09. The first-order chi connectivity index (χ1) is 14.1. The van der Waals surface area contributed by atoms with Gasteiger partial charge in [-0.1, -0.05) is 37.3 Å². The largest absolute Gasteiger partial charge is 0.451 e. The maximum absolute atomic E-state index is 12.3. The lowest BCUT2D eigenvalue weighted by Gasteiger charge is -2.10. The van der Waals surface area contributed by atoms with Crippen LogP contribution in [0.4, 0.5) is 0 Å². The molecule has 0 aliphatic heterocycles. The van der Waals surface area contributed by atoms with Gasteiger partial charge in [-0.25, -0.2) is 5.43 Å². The first kappa shape index (κ1) is 18.7. The molecule has 0 atom stereocenters. The highest BCUT2D eigenvalue weighted by atomic mass is 16.3. The van der Waals surface area contributed by atoms with Crippen LogP contribution in [0.2, 0.25) is 0 Å². The van der Waals surface area contributed by atoms with E-state index in [-0.39, 0.29) is 11.7 Å². The lowest BCUT2D eigenvalue weighted by atomic mass is 10.1. The Kier molecular flexibility index (Phi) is 5.04. The van der Waals surface area contributed by atoms with Crippen molar-refractivity contribution < 1.29 is 9.21 Å². The third kappa shape index (κ3) is 3.72. The molecule has 0 bridgehead atoms. The molecule has 1 N–H and O–H groups in total. The van der Waals surface area contributed by atoms with Gasteiger partial charge in [0, 0.05) is 28.0 Å². The van der Waals surface area contributed by atoms with Crippen LogP contribution in [-0.4, -0.2) is 16.7 Å². The number of amides is 1. The van der Waals surface area contributed by atoms with Gasteiger partial charge in [-0.3, -0.25) is 4.79 Å². The molecule has 1 amide bonds. The molecule has 0 fully saturated rings. The number of aryl methyl sites for hydroxylation is 2. The van der Waals surface area contributed by atoms with Crippen molar-refractivity contribution in [3.8, 4) is 5.69 Å². The Morgan fingerprint density at radius 1 is 1.10 bits per heavy atom. The molecule has 0 unspecified atom stereocenters. The number of rotatable bonds is 5. The molecule has 4 aromatic rings. The van der Waals surface area contributed by atoms with Crippen LogP contribution >= 0.6 is 0 Å². The van der Waals surface area contributed by atoms with Gasteiger partial charge in [-0.2, -0.15) is 5.10 Å². The number of benzene rings is 2. The van der Waals surface area contributed by atoms with Crippen LogP contribution in [0.1, 0.15) is 40.0 Å². The van der Waals surface area contributed by atoms with Gasteiger partial charge >= 0.3 is 5.91 Å². The van der Waals surface area contributed by atoms with Crippen molar-refractivity contribution in [3.63, 3.8) is 0 Å². The minimum atomic E-state index is -0.374. The van der Waals surface area contributed by atoms with E-state index in [0.29, 0.717) is 5.58 Å². The molecule has 5 heteroatoms. The Bertz CT molecular complexity index is 1160. The van der Waals surface area contributed by atoms with Gasteiger partial charge in [-0.05, 0) is 56.2 Å². The molecule has 2 aromatic carbocycles. The fraction of sp³-hybridized carbons (Fsp3) is 0.167. The van der Waals surface area contributed by atoms with Crippen molar-refractivity contribution in [2.75, 3.05) is 0 Å². The predicted molar refractivity (Wildman–Crippen MR) is 116 cm³/mol. The number of hydrogen-bond acceptors (Lipinski definition) is 3. The van der Waals surface area contributed by atoms with E-state index >= 15 is 0 Å². The highest BCUT2D eigenvalue weighted by Crippen LogP contribution is 2.21. The number of aromatic nitrogens is 1. The molecule has 2 aromatic heterocycles. The van der Waals surface area contributed by atoms with Crippen LogP contribution in [-0.2, 0) is 6.42 Å². The molecule has 0 spiro atoms. The molecule has 5 nitrogen and oxygen atoms in total. The fourth-order valence-corrected chi connectivity index (χ4v) is 3.51. The van der Waals surface area contributed by atoms with E-state index in [0.717, 1.165) is 34.4 Å². The zero-order valence-electron chi connectivity index (χ0n) is 16.8. The molecule has 0 radical (unpaired) electrons. The van der Waals surface area contributed by atoms with Crippen molar-refractivity contribution in [1.82, 2.24) is 9.99 Å². The Hall–Kier alpha value is -3.60. The zero-order chi connectivity index (χ0) is 20.4. The number of nitrogens with zero attached hydrogens (tertiary/aromatic N) is 2. The second kappa shape index (κ2) is 7.80. The number of carbonyl (C=O) groups excluding carboxylic acids is 1. The molecule has 29 heavy (non-hydrogen) atoms. The highest BCUT2D eigenvalue weighted by molar-refractivity contribution is 5.96. The zero-order valence-corrected chi connectivity index (χ0v) is 16.8. The molecule has 4 rings (SSSR count). The second-order valence-electron chi connectivity index (χ2n) is 7.03. The smallest absolute Gasteiger partial charge is 0.307 e. The molecule has 0 aliphatic rings. The van der Waals surface area contributed by atoms with E-state index in [2.05, 4.69) is 59.3 Å². The Morgan fingerprint density at radius 2 is 1.86 bits per heavy atom. The maximum atomic E-state index is 12.3. The van der Waals surface area contributed by atoms with E-state index < -0.39 is 0 Å². The third-order valence-corrected chi connectivity index (χ3v) is 5.09. The normalized spacial score (nSPS) is 11.4. The van der Waals surface area contributed by atoms with Gasteiger partial charge < -0.3 is 8.98 Å². The van der Waals surface area contributed by atoms with Gasteiger partial charge in [-0.15, -0.1) is 0 Å². The average molecular weight is 385 g/mol. The predicted octanol–water partition coefficient (Wildman–Crippen LogP) is 5.17. The second-order valence-corrected chi connectivity index (χ2v) is 7.03. The number of furan rings is 1. The number of nitrogens with one attached hydrogen (secondary N) is 1. The van der Waals surface area contributed by atoms with E-state index in [1.54, 1.807) is 12.3 Å². The molecule has 2 heterocycles. The minimum Gasteiger partial charge on any atom is -0.451 e. The summed E-state index contributed by atoms with van der Waals surface area (Å²) < 4.78 is 7.75. The molecule has 0 saturated carbocycles. The summed E-state index contributed by atoms with van der Waals surface area (Å²) in [5.74, 6) is -0.133. The molecular weight excluding hydrogens is 362 g/mol. The lowest BCUT2D eigenvalue weighted by Crippen LogP contribution is -2.16. The maximum Gasteiger partial charge on any atom is 0.307 e. The minimum absolute atomic E-state index is 0.241. The average Bonchev–Trinajstić information content (AvgIpc) is 3.29. The first-order valence-electron chi connectivity index (χ1n) is 9.67. The van der Waals surface area contributed by atoms with E-state index in [1.165, 1.54) is 5.56 Å². The van der Waals surface area contributed by atoms with Crippen molar-refractivity contribution in [1.29, 1.82) is 0 Å². The summed E-state index contributed by atoms with van der Waals surface area (Å²) in [5.41, 5.74) is 8.77. The number of para-hydroxylation sites is 1. The van der Waals surface area contributed by atoms with Crippen LogP contribution < -0.4 is 5.43 Å². The van der Waals surface area contributed by atoms with Gasteiger partial charge in [0.05, 0.1) is 6.21 Å². The Morgan fingerprint density at radius 3 is 2.59 bits per heavy atom. The summed E-state index contributed by atoms with van der Waals surface area (Å²) >= 11 is 0. The molecule has 0 aliphatic carbocycles. The lowest BCUT2D eigenvalue weighted by molar-refractivity contribution is 0.0929. The van der Waals surface area contributed by atoms with Crippen molar-refractivity contribution in [2.24, 2.45) is 5.10 Å². The SMILES string of the molecule is CCc1ccc(-n2c(C)cc(/C=N/NC(=O)c3cc4ccccc4o3)c2C)cc1. The Labute approximate surface area is 169 Å². The fourth-order valence-electron chi connectivity index (χ4n) is 3.51. The van der Waals surface area contributed by atoms with Crippen molar-refractivity contribution in [2.45, 2.75) is 27.2 Å². The van der Waals surface area contributed by atoms with Gasteiger partial charge in [0.1, 0.15) is 5.58 Å². The van der Waals surface area contributed by atoms with Crippen LogP contribution in [0.25, 0.3) is 16.7 Å². The van der Waals surface area contributed by atoms with Gasteiger partial charge in [0.25, 0.3) is 0 Å². The van der Waals surface area contributed by atoms with Crippen molar-refractivity contribution in [3.05, 3.63) is 88.9 Å². The quantitative estimate of drug-likeness (QED) is 0.381. The molecular formula is C24H23N3O2. The first-order valence-corrected chi connectivity index (χ1v) is 9.67. The van der Waals surface area contributed by atoms with E-state index in [1.807, 2.05) is 31.2 Å². The summed E-state index contributed by atoms with van der Waals surface area (Å²) in [6.45, 7) is 6.25. The molecule has 146 valence electrons. The van der Waals surface area contributed by atoms with Crippen LogP contribution in [0.15, 0.2) is 70.2 Å². The topological polar surface area (TPSA) is 59.5 Å². The van der Waals surface area contributed by atoms with Gasteiger partial charge in [0.2, 0.25) is 0 Å².